The first-order chi connectivity index (χ1) is 9.34. The van der Waals surface area contributed by atoms with Crippen molar-refractivity contribution in [3.63, 3.8) is 0 Å². The predicted molar refractivity (Wildman–Crippen MR) is 69.7 cm³/mol. The number of aliphatic hydroxyl groups is 1. The molecule has 114 valence electrons. The average Bonchev–Trinajstić information content (AvgIpc) is 2.36. The summed E-state index contributed by atoms with van der Waals surface area (Å²) in [6.45, 7) is 2.08. The van der Waals surface area contributed by atoms with Gasteiger partial charge in [-0.15, -0.1) is 0 Å². The minimum Gasteiger partial charge on any atom is -0.388 e. The summed E-state index contributed by atoms with van der Waals surface area (Å²) in [5.41, 5.74) is -1.06. The van der Waals surface area contributed by atoms with Gasteiger partial charge in [-0.05, 0) is 30.2 Å². The Balaban J connectivity index is 2.63. The van der Waals surface area contributed by atoms with E-state index >= 15 is 0 Å². The number of rotatable bonds is 7. The Kier molecular flexibility index (Phi) is 6.46. The van der Waals surface area contributed by atoms with Crippen molar-refractivity contribution in [3.05, 3.63) is 35.1 Å². The highest BCUT2D eigenvalue weighted by Crippen LogP contribution is 2.32. The van der Waals surface area contributed by atoms with Crippen LogP contribution in [0.1, 0.15) is 62.7 Å². The predicted octanol–water partition coefficient (Wildman–Crippen LogP) is 5.24. The maximum atomic E-state index is 13.2. The van der Waals surface area contributed by atoms with Crippen LogP contribution < -0.4 is 0 Å². The fourth-order valence-corrected chi connectivity index (χ4v) is 2.08. The van der Waals surface area contributed by atoms with Crippen LogP contribution in [0, 0.1) is 5.82 Å². The van der Waals surface area contributed by atoms with E-state index in [1.165, 1.54) is 0 Å². The molecule has 0 saturated heterocycles. The van der Waals surface area contributed by atoms with Crippen molar-refractivity contribution < 1.29 is 22.7 Å². The van der Waals surface area contributed by atoms with E-state index in [0.717, 1.165) is 44.2 Å². The molecule has 0 aliphatic heterocycles. The summed E-state index contributed by atoms with van der Waals surface area (Å²) in [6.07, 6.45) is -0.406. The van der Waals surface area contributed by atoms with E-state index in [9.17, 15) is 22.7 Å². The molecule has 0 amide bonds. The van der Waals surface area contributed by atoms with Gasteiger partial charge < -0.3 is 5.11 Å². The average molecular weight is 292 g/mol. The van der Waals surface area contributed by atoms with E-state index in [2.05, 4.69) is 6.92 Å². The molecule has 0 saturated carbocycles. The molecule has 0 spiro atoms. The third-order valence-corrected chi connectivity index (χ3v) is 3.21. The van der Waals surface area contributed by atoms with Gasteiger partial charge in [0.05, 0.1) is 11.7 Å². The van der Waals surface area contributed by atoms with Gasteiger partial charge in [-0.25, -0.2) is 4.39 Å². The van der Waals surface area contributed by atoms with Gasteiger partial charge in [-0.2, -0.15) is 13.2 Å². The van der Waals surface area contributed by atoms with Crippen molar-refractivity contribution in [1.29, 1.82) is 0 Å². The standard InChI is InChI=1S/C15H20F4O/c1-2-3-4-5-6-7-14(20)11-8-12(15(17,18)19)10-13(16)9-11/h8-10,14,20H,2-7H2,1H3. The molecular weight excluding hydrogens is 272 g/mol. The number of aliphatic hydroxyl groups excluding tert-OH is 1. The van der Waals surface area contributed by atoms with Crippen LogP contribution in [0.2, 0.25) is 0 Å². The van der Waals surface area contributed by atoms with Crippen molar-refractivity contribution >= 4 is 0 Å². The molecule has 1 nitrogen and oxygen atoms in total. The maximum absolute atomic E-state index is 13.2. The molecule has 20 heavy (non-hydrogen) atoms. The Morgan fingerprint density at radius 3 is 2.30 bits per heavy atom. The molecule has 0 fully saturated rings. The molecule has 1 N–H and O–H groups in total. The number of hydrogen-bond acceptors (Lipinski definition) is 1. The van der Waals surface area contributed by atoms with Gasteiger partial charge in [0.15, 0.2) is 0 Å². The molecular formula is C15H20F4O. The van der Waals surface area contributed by atoms with Crippen molar-refractivity contribution in [3.8, 4) is 0 Å². The Morgan fingerprint density at radius 2 is 1.70 bits per heavy atom. The van der Waals surface area contributed by atoms with E-state index < -0.39 is 23.7 Å². The Labute approximate surface area is 116 Å². The molecule has 1 unspecified atom stereocenters. The lowest BCUT2D eigenvalue weighted by molar-refractivity contribution is -0.137. The second-order valence-corrected chi connectivity index (χ2v) is 4.99. The highest BCUT2D eigenvalue weighted by atomic mass is 19.4. The molecule has 1 aromatic carbocycles. The summed E-state index contributed by atoms with van der Waals surface area (Å²) in [4.78, 5) is 0. The zero-order chi connectivity index (χ0) is 15.2. The van der Waals surface area contributed by atoms with Crippen LogP contribution in [0.3, 0.4) is 0 Å². The number of unbranched alkanes of at least 4 members (excludes halogenated alkanes) is 4. The topological polar surface area (TPSA) is 20.2 Å². The van der Waals surface area contributed by atoms with E-state index in [0.29, 0.717) is 12.5 Å². The molecule has 0 aliphatic carbocycles. The molecule has 5 heteroatoms. The van der Waals surface area contributed by atoms with Gasteiger partial charge in [0, 0.05) is 0 Å². The first kappa shape index (κ1) is 17.0. The molecule has 0 aromatic heterocycles. The number of halogens is 4. The van der Waals surface area contributed by atoms with Gasteiger partial charge in [0.25, 0.3) is 0 Å². The van der Waals surface area contributed by atoms with Crippen LogP contribution in [-0.2, 0) is 6.18 Å². The van der Waals surface area contributed by atoms with Crippen LogP contribution in [0.4, 0.5) is 17.6 Å². The zero-order valence-electron chi connectivity index (χ0n) is 11.5. The minimum absolute atomic E-state index is 0.00665. The lowest BCUT2D eigenvalue weighted by Gasteiger charge is -2.14. The van der Waals surface area contributed by atoms with E-state index in [-0.39, 0.29) is 5.56 Å². The monoisotopic (exact) mass is 292 g/mol. The van der Waals surface area contributed by atoms with E-state index in [1.807, 2.05) is 0 Å². The van der Waals surface area contributed by atoms with Crippen LogP contribution in [0.5, 0.6) is 0 Å². The normalized spacial score (nSPS) is 13.5. The summed E-state index contributed by atoms with van der Waals surface area (Å²) in [5.74, 6) is -0.972. The van der Waals surface area contributed by atoms with Gasteiger partial charge in [0.2, 0.25) is 0 Å². The molecule has 0 radical (unpaired) electrons. The van der Waals surface area contributed by atoms with E-state index in [1.54, 1.807) is 0 Å². The minimum atomic E-state index is -4.60. The van der Waals surface area contributed by atoms with Gasteiger partial charge in [0.1, 0.15) is 5.82 Å². The smallest absolute Gasteiger partial charge is 0.388 e. The van der Waals surface area contributed by atoms with Crippen LogP contribution in [-0.4, -0.2) is 5.11 Å². The lowest BCUT2D eigenvalue weighted by atomic mass is 10.00. The fraction of sp³-hybridized carbons (Fsp3) is 0.600. The van der Waals surface area contributed by atoms with Gasteiger partial charge >= 0.3 is 6.18 Å². The molecule has 0 bridgehead atoms. The molecule has 1 atom stereocenters. The lowest BCUT2D eigenvalue weighted by Crippen LogP contribution is -2.08. The molecule has 0 aliphatic rings. The summed E-state index contributed by atoms with van der Waals surface area (Å²) in [6, 6.07) is 2.23. The summed E-state index contributed by atoms with van der Waals surface area (Å²) >= 11 is 0. The third-order valence-electron chi connectivity index (χ3n) is 3.21. The van der Waals surface area contributed by atoms with Gasteiger partial charge in [-0.1, -0.05) is 39.0 Å². The summed E-state index contributed by atoms with van der Waals surface area (Å²) in [7, 11) is 0. The second kappa shape index (κ2) is 7.62. The zero-order valence-corrected chi connectivity index (χ0v) is 11.5. The summed E-state index contributed by atoms with van der Waals surface area (Å²) < 4.78 is 50.9. The Bertz CT molecular complexity index is 415. The quantitative estimate of drug-likeness (QED) is 0.538. The third kappa shape index (κ3) is 5.49. The van der Waals surface area contributed by atoms with Crippen LogP contribution >= 0.6 is 0 Å². The first-order valence-corrected chi connectivity index (χ1v) is 6.90. The highest BCUT2D eigenvalue weighted by Gasteiger charge is 2.31. The van der Waals surface area contributed by atoms with Crippen molar-refractivity contribution in [2.24, 2.45) is 0 Å². The van der Waals surface area contributed by atoms with Crippen molar-refractivity contribution in [2.45, 2.75) is 57.7 Å². The van der Waals surface area contributed by atoms with Crippen molar-refractivity contribution in [1.82, 2.24) is 0 Å². The highest BCUT2D eigenvalue weighted by molar-refractivity contribution is 5.28. The molecule has 1 aromatic rings. The fourth-order valence-electron chi connectivity index (χ4n) is 2.08. The second-order valence-electron chi connectivity index (χ2n) is 4.99. The van der Waals surface area contributed by atoms with Crippen LogP contribution in [0.15, 0.2) is 18.2 Å². The van der Waals surface area contributed by atoms with Crippen LogP contribution in [0.25, 0.3) is 0 Å². The van der Waals surface area contributed by atoms with E-state index in [4.69, 9.17) is 0 Å². The van der Waals surface area contributed by atoms with Gasteiger partial charge in [-0.3, -0.25) is 0 Å². The number of benzene rings is 1. The summed E-state index contributed by atoms with van der Waals surface area (Å²) in [5, 5.41) is 9.86. The first-order valence-electron chi connectivity index (χ1n) is 6.90. The SMILES string of the molecule is CCCCCCCC(O)c1cc(F)cc(C(F)(F)F)c1. The molecule has 1 rings (SSSR count). The Hall–Kier alpha value is -1.10. The Morgan fingerprint density at radius 1 is 1.05 bits per heavy atom. The maximum Gasteiger partial charge on any atom is 0.416 e. The van der Waals surface area contributed by atoms with Crippen molar-refractivity contribution in [2.75, 3.05) is 0 Å². The number of hydrogen-bond donors (Lipinski definition) is 1. The number of alkyl halides is 3. The molecule has 0 heterocycles. The largest absolute Gasteiger partial charge is 0.416 e.